The normalized spacial score (nSPS) is 13.8. The maximum absolute atomic E-state index is 12.8. The van der Waals surface area contributed by atoms with Gasteiger partial charge in [-0.05, 0) is 25.2 Å². The van der Waals surface area contributed by atoms with Gasteiger partial charge in [0.15, 0.2) is 5.13 Å². The molecule has 0 bridgehead atoms. The molecule has 150 valence electrons. The number of halogens is 2. The largest absolute Gasteiger partial charge is 0.506 e. The van der Waals surface area contributed by atoms with Crippen LogP contribution in [-0.4, -0.2) is 39.5 Å². The minimum Gasteiger partial charge on any atom is -0.506 e. The SMILES string of the molecule is CN1CCc2nc(Nc3c(O)cc(Cl)cc3C(=O)Nc3ccc(Cl)cn3)sc2C1. The van der Waals surface area contributed by atoms with E-state index < -0.39 is 5.91 Å². The van der Waals surface area contributed by atoms with E-state index in [-0.39, 0.29) is 22.0 Å². The van der Waals surface area contributed by atoms with Crippen molar-refractivity contribution in [1.82, 2.24) is 14.9 Å². The molecule has 1 amide bonds. The maximum Gasteiger partial charge on any atom is 0.259 e. The lowest BCUT2D eigenvalue weighted by Crippen LogP contribution is -2.25. The van der Waals surface area contributed by atoms with Gasteiger partial charge in [0.05, 0.1) is 22.0 Å². The van der Waals surface area contributed by atoms with Crippen LogP contribution in [0.15, 0.2) is 30.5 Å². The van der Waals surface area contributed by atoms with Gasteiger partial charge in [0, 0.05) is 41.7 Å². The maximum atomic E-state index is 12.8. The molecule has 2 aromatic heterocycles. The first kappa shape index (κ1) is 19.9. The zero-order valence-corrected chi connectivity index (χ0v) is 17.7. The Kier molecular flexibility index (Phi) is 5.60. The van der Waals surface area contributed by atoms with Crippen LogP contribution in [0.1, 0.15) is 20.9 Å². The number of nitrogens with one attached hydrogen (secondary N) is 2. The van der Waals surface area contributed by atoms with Gasteiger partial charge in [0.25, 0.3) is 5.91 Å². The van der Waals surface area contributed by atoms with E-state index in [1.165, 1.54) is 34.5 Å². The van der Waals surface area contributed by atoms with Crippen molar-refractivity contribution in [3.8, 4) is 5.75 Å². The summed E-state index contributed by atoms with van der Waals surface area (Å²) >= 11 is 13.4. The van der Waals surface area contributed by atoms with Gasteiger partial charge in [0.2, 0.25) is 0 Å². The summed E-state index contributed by atoms with van der Waals surface area (Å²) in [4.78, 5) is 24.9. The van der Waals surface area contributed by atoms with Crippen molar-refractivity contribution in [3.05, 3.63) is 56.6 Å². The molecule has 1 aliphatic rings. The molecular weight excluding hydrogens is 433 g/mol. The Balaban J connectivity index is 1.63. The predicted molar refractivity (Wildman–Crippen MR) is 116 cm³/mol. The van der Waals surface area contributed by atoms with Crippen molar-refractivity contribution in [2.45, 2.75) is 13.0 Å². The van der Waals surface area contributed by atoms with Crippen LogP contribution in [0.25, 0.3) is 0 Å². The molecule has 0 saturated heterocycles. The highest BCUT2D eigenvalue weighted by molar-refractivity contribution is 7.15. The van der Waals surface area contributed by atoms with E-state index in [2.05, 4.69) is 32.5 Å². The number of fused-ring (bicyclic) bond motifs is 1. The van der Waals surface area contributed by atoms with Crippen LogP contribution in [0.4, 0.5) is 16.6 Å². The van der Waals surface area contributed by atoms with Crippen LogP contribution in [0.2, 0.25) is 10.0 Å². The van der Waals surface area contributed by atoms with Gasteiger partial charge >= 0.3 is 0 Å². The minimum absolute atomic E-state index is 0.142. The number of hydrogen-bond donors (Lipinski definition) is 3. The van der Waals surface area contributed by atoms with Crippen LogP contribution in [0.3, 0.4) is 0 Å². The highest BCUT2D eigenvalue weighted by Gasteiger charge is 2.22. The Bertz CT molecular complexity index is 1070. The molecule has 10 heteroatoms. The second-order valence-electron chi connectivity index (χ2n) is 6.66. The molecule has 4 rings (SSSR count). The number of amides is 1. The van der Waals surface area contributed by atoms with E-state index in [9.17, 15) is 9.90 Å². The Morgan fingerprint density at radius 3 is 2.86 bits per heavy atom. The zero-order chi connectivity index (χ0) is 20.5. The molecule has 7 nitrogen and oxygen atoms in total. The second kappa shape index (κ2) is 8.16. The van der Waals surface area contributed by atoms with Crippen molar-refractivity contribution in [2.75, 3.05) is 24.2 Å². The first-order chi connectivity index (χ1) is 13.9. The summed E-state index contributed by atoms with van der Waals surface area (Å²) in [6.07, 6.45) is 2.30. The molecule has 0 radical (unpaired) electrons. The summed E-state index contributed by atoms with van der Waals surface area (Å²) in [7, 11) is 2.06. The average Bonchev–Trinajstić information content (AvgIpc) is 3.07. The fourth-order valence-corrected chi connectivity index (χ4v) is 4.44. The number of nitrogens with zero attached hydrogens (tertiary/aromatic N) is 3. The first-order valence-electron chi connectivity index (χ1n) is 8.78. The number of hydrogen-bond acceptors (Lipinski definition) is 7. The van der Waals surface area contributed by atoms with E-state index in [4.69, 9.17) is 23.2 Å². The molecule has 3 N–H and O–H groups in total. The van der Waals surface area contributed by atoms with Crippen molar-refractivity contribution >= 4 is 57.1 Å². The molecule has 0 atom stereocenters. The number of phenols is 1. The second-order valence-corrected chi connectivity index (χ2v) is 8.62. The van der Waals surface area contributed by atoms with Crippen molar-refractivity contribution < 1.29 is 9.90 Å². The average molecular weight is 450 g/mol. The number of anilines is 3. The van der Waals surface area contributed by atoms with E-state index in [0.717, 1.165) is 25.2 Å². The molecule has 3 aromatic rings. The minimum atomic E-state index is -0.471. The molecule has 3 heterocycles. The topological polar surface area (TPSA) is 90.4 Å². The lowest BCUT2D eigenvalue weighted by Gasteiger charge is -2.20. The number of aromatic hydroxyl groups is 1. The number of benzene rings is 1. The van der Waals surface area contributed by atoms with Gasteiger partial charge in [0.1, 0.15) is 11.6 Å². The third-order valence-electron chi connectivity index (χ3n) is 4.45. The van der Waals surface area contributed by atoms with E-state index >= 15 is 0 Å². The summed E-state index contributed by atoms with van der Waals surface area (Å²) in [6, 6.07) is 6.07. The predicted octanol–water partition coefficient (Wildman–Crippen LogP) is 4.53. The summed E-state index contributed by atoms with van der Waals surface area (Å²) in [5, 5.41) is 17.5. The van der Waals surface area contributed by atoms with Gasteiger partial charge in [-0.2, -0.15) is 0 Å². The Labute approximate surface area is 181 Å². The number of rotatable bonds is 4. The monoisotopic (exact) mass is 449 g/mol. The number of pyridine rings is 1. The van der Waals surface area contributed by atoms with E-state index in [1.54, 1.807) is 12.1 Å². The van der Waals surface area contributed by atoms with Gasteiger partial charge in [-0.15, -0.1) is 11.3 Å². The molecule has 0 aliphatic carbocycles. The highest BCUT2D eigenvalue weighted by Crippen LogP contribution is 2.37. The third-order valence-corrected chi connectivity index (χ3v) is 5.89. The lowest BCUT2D eigenvalue weighted by atomic mass is 10.1. The smallest absolute Gasteiger partial charge is 0.259 e. The number of aromatic nitrogens is 2. The fourth-order valence-electron chi connectivity index (χ4n) is 3.02. The Hall–Kier alpha value is -2.39. The molecule has 0 fully saturated rings. The quantitative estimate of drug-likeness (QED) is 0.506. The van der Waals surface area contributed by atoms with E-state index in [0.29, 0.717) is 16.0 Å². The molecular formula is C19H17Cl2N5O2S. The van der Waals surface area contributed by atoms with Crippen LogP contribution < -0.4 is 10.6 Å². The Morgan fingerprint density at radius 1 is 1.28 bits per heavy atom. The summed E-state index contributed by atoms with van der Waals surface area (Å²) < 4.78 is 0. The number of carbonyl (C=O) groups is 1. The lowest BCUT2D eigenvalue weighted by molar-refractivity contribution is 0.102. The number of thiazole rings is 1. The van der Waals surface area contributed by atoms with Gasteiger partial charge < -0.3 is 20.6 Å². The van der Waals surface area contributed by atoms with Crippen LogP contribution in [0.5, 0.6) is 5.75 Å². The molecule has 0 unspecified atom stereocenters. The zero-order valence-electron chi connectivity index (χ0n) is 15.4. The van der Waals surface area contributed by atoms with Crippen molar-refractivity contribution in [2.24, 2.45) is 0 Å². The summed E-state index contributed by atoms with van der Waals surface area (Å²) in [6.45, 7) is 1.78. The number of likely N-dealkylation sites (N-methyl/N-ethyl adjacent to an activating group) is 1. The van der Waals surface area contributed by atoms with Gasteiger partial charge in [-0.1, -0.05) is 23.2 Å². The van der Waals surface area contributed by atoms with Crippen LogP contribution >= 0.6 is 34.5 Å². The van der Waals surface area contributed by atoms with Gasteiger partial charge in [-0.3, -0.25) is 4.79 Å². The van der Waals surface area contributed by atoms with Gasteiger partial charge in [-0.25, -0.2) is 9.97 Å². The molecule has 0 spiro atoms. The molecule has 1 aromatic carbocycles. The van der Waals surface area contributed by atoms with E-state index in [1.807, 2.05) is 0 Å². The fraction of sp³-hybridized carbons (Fsp3) is 0.211. The third kappa shape index (κ3) is 4.45. The van der Waals surface area contributed by atoms with Crippen molar-refractivity contribution in [1.29, 1.82) is 0 Å². The number of carbonyl (C=O) groups excluding carboxylic acids is 1. The molecule has 1 aliphatic heterocycles. The Morgan fingerprint density at radius 2 is 2.10 bits per heavy atom. The van der Waals surface area contributed by atoms with Crippen molar-refractivity contribution in [3.63, 3.8) is 0 Å². The molecule has 0 saturated carbocycles. The summed E-state index contributed by atoms with van der Waals surface area (Å²) in [5.74, 6) is -0.282. The highest BCUT2D eigenvalue weighted by atomic mass is 35.5. The van der Waals surface area contributed by atoms with Crippen LogP contribution in [0, 0.1) is 0 Å². The number of phenolic OH excluding ortho intramolecular Hbond substituents is 1. The van der Waals surface area contributed by atoms with Crippen LogP contribution in [-0.2, 0) is 13.0 Å². The standard InChI is InChI=1S/C19H17Cl2N5O2S/c1-26-5-4-13-15(9-26)29-19(23-13)25-17-12(6-11(21)7-14(17)27)18(28)24-16-3-2-10(20)8-22-16/h2-3,6-8,27H,4-5,9H2,1H3,(H,23,25)(H,22,24,28). The molecule has 29 heavy (non-hydrogen) atoms. The summed E-state index contributed by atoms with van der Waals surface area (Å²) in [5.41, 5.74) is 1.46. The first-order valence-corrected chi connectivity index (χ1v) is 10.4.